The highest BCUT2D eigenvalue weighted by Crippen LogP contribution is 2.29. The number of fused-ring (bicyclic) bond motifs is 1. The Hall–Kier alpha value is -3.70. The zero-order valence-electron chi connectivity index (χ0n) is 18.4. The number of hydrogen-bond donors (Lipinski definition) is 1. The molecule has 1 aliphatic heterocycles. The maximum absolute atomic E-state index is 15.1. The number of ether oxygens (including phenoxy) is 1. The van der Waals surface area contributed by atoms with Crippen LogP contribution in [0, 0.1) is 19.7 Å². The highest BCUT2D eigenvalue weighted by Gasteiger charge is 2.30. The predicted octanol–water partition coefficient (Wildman–Crippen LogP) is 3.71. The number of nitrogens with zero attached hydrogens (tertiary/aromatic N) is 4. The average molecular weight is 479 g/mol. The van der Waals surface area contributed by atoms with Crippen LogP contribution in [0.15, 0.2) is 29.2 Å². The normalized spacial score (nSPS) is 13.5. The van der Waals surface area contributed by atoms with Crippen molar-refractivity contribution in [2.24, 2.45) is 0 Å². The van der Waals surface area contributed by atoms with E-state index < -0.39 is 47.2 Å². The van der Waals surface area contributed by atoms with Gasteiger partial charge in [-0.2, -0.15) is 17.9 Å². The number of halogens is 4. The minimum atomic E-state index is -4.71. The fraction of sp³-hybridized carbons (Fsp3) is 0.364. The van der Waals surface area contributed by atoms with Crippen molar-refractivity contribution >= 4 is 11.6 Å². The number of pyridine rings is 1. The molecule has 0 aliphatic carbocycles. The van der Waals surface area contributed by atoms with Gasteiger partial charge in [0.2, 0.25) is 0 Å². The lowest BCUT2D eigenvalue weighted by molar-refractivity contribution is -0.153. The number of hydrogen-bond acceptors (Lipinski definition) is 5. The van der Waals surface area contributed by atoms with Crippen LogP contribution in [-0.2, 0) is 13.0 Å². The number of aryl methyl sites for hydroxylation is 3. The Morgan fingerprint density at radius 2 is 2.00 bits per heavy atom. The number of alkyl halides is 3. The van der Waals surface area contributed by atoms with Crippen molar-refractivity contribution in [1.82, 2.24) is 19.3 Å². The molecule has 0 radical (unpaired) electrons. The van der Waals surface area contributed by atoms with Crippen LogP contribution in [0.2, 0.25) is 0 Å². The fourth-order valence-corrected chi connectivity index (χ4v) is 3.78. The van der Waals surface area contributed by atoms with E-state index in [4.69, 9.17) is 4.74 Å². The summed E-state index contributed by atoms with van der Waals surface area (Å²) in [6.45, 7) is 2.05. The monoisotopic (exact) mass is 479 g/mol. The van der Waals surface area contributed by atoms with Crippen LogP contribution < -0.4 is 15.7 Å². The minimum absolute atomic E-state index is 0.344. The molecule has 12 heteroatoms. The number of anilines is 1. The Labute approximate surface area is 191 Å². The summed E-state index contributed by atoms with van der Waals surface area (Å²) in [7, 11) is 0. The molecule has 1 aliphatic rings. The standard InChI is InChI=1S/C22H21F4N5O3/c1-12-6-7-27-13(2)19(12)28-20(32)14-9-15(23)16(10-17(14)34-11-22(24,25)26)31-21(33)30-8-4-3-5-18(30)29-31/h6-7,9-10H,3-5,8,11H2,1-2H3,(H,28,32). The lowest BCUT2D eigenvalue weighted by Crippen LogP contribution is -2.27. The lowest BCUT2D eigenvalue weighted by atomic mass is 10.1. The van der Waals surface area contributed by atoms with Crippen LogP contribution in [0.1, 0.15) is 40.3 Å². The first kappa shape index (κ1) is 23.5. The second kappa shape index (κ2) is 8.92. The van der Waals surface area contributed by atoms with Crippen LogP contribution in [0.4, 0.5) is 23.2 Å². The Bertz CT molecular complexity index is 1290. The number of carbonyl (C=O) groups excluding carboxylic acids is 1. The molecule has 3 aromatic rings. The molecule has 3 heterocycles. The largest absolute Gasteiger partial charge is 0.483 e. The van der Waals surface area contributed by atoms with Crippen molar-refractivity contribution in [1.29, 1.82) is 0 Å². The number of rotatable bonds is 5. The summed E-state index contributed by atoms with van der Waals surface area (Å²) in [5, 5.41) is 6.69. The molecule has 0 saturated carbocycles. The van der Waals surface area contributed by atoms with Crippen molar-refractivity contribution in [3.63, 3.8) is 0 Å². The first-order valence-corrected chi connectivity index (χ1v) is 10.5. The molecule has 34 heavy (non-hydrogen) atoms. The molecule has 2 aromatic heterocycles. The van der Waals surface area contributed by atoms with Crippen molar-refractivity contribution in [2.45, 2.75) is 45.8 Å². The summed E-state index contributed by atoms with van der Waals surface area (Å²) in [6.07, 6.45) is -1.08. The molecule has 0 fully saturated rings. The number of nitrogens with one attached hydrogen (secondary N) is 1. The van der Waals surface area contributed by atoms with Crippen molar-refractivity contribution in [3.05, 3.63) is 63.3 Å². The van der Waals surface area contributed by atoms with Gasteiger partial charge in [-0.15, -0.1) is 5.10 Å². The number of amides is 1. The molecule has 1 N–H and O–H groups in total. The molecule has 0 unspecified atom stereocenters. The quantitative estimate of drug-likeness (QED) is 0.564. The third kappa shape index (κ3) is 4.66. The fourth-order valence-electron chi connectivity index (χ4n) is 3.78. The Balaban J connectivity index is 1.78. The van der Waals surface area contributed by atoms with Gasteiger partial charge in [0.25, 0.3) is 5.91 Å². The number of aromatic nitrogens is 4. The summed E-state index contributed by atoms with van der Waals surface area (Å²) >= 11 is 0. The third-order valence-corrected chi connectivity index (χ3v) is 5.47. The average Bonchev–Trinajstić information content (AvgIpc) is 3.11. The molecular formula is C22H21F4N5O3. The van der Waals surface area contributed by atoms with E-state index in [1.807, 2.05) is 0 Å². The summed E-state index contributed by atoms with van der Waals surface area (Å²) in [4.78, 5) is 29.7. The van der Waals surface area contributed by atoms with Crippen LogP contribution in [0.5, 0.6) is 5.75 Å². The highest BCUT2D eigenvalue weighted by atomic mass is 19.4. The van der Waals surface area contributed by atoms with Gasteiger partial charge in [-0.1, -0.05) is 0 Å². The van der Waals surface area contributed by atoms with Gasteiger partial charge < -0.3 is 10.1 Å². The topological polar surface area (TPSA) is 91.0 Å². The van der Waals surface area contributed by atoms with Crippen LogP contribution in [0.3, 0.4) is 0 Å². The van der Waals surface area contributed by atoms with Crippen molar-refractivity contribution in [3.8, 4) is 11.4 Å². The first-order valence-electron chi connectivity index (χ1n) is 10.5. The molecule has 180 valence electrons. The second-order valence-corrected chi connectivity index (χ2v) is 7.97. The van der Waals surface area contributed by atoms with E-state index in [1.54, 1.807) is 19.9 Å². The molecule has 0 bridgehead atoms. The minimum Gasteiger partial charge on any atom is -0.483 e. The lowest BCUT2D eigenvalue weighted by Gasteiger charge is -2.16. The summed E-state index contributed by atoms with van der Waals surface area (Å²) in [6, 6.07) is 3.27. The summed E-state index contributed by atoms with van der Waals surface area (Å²) in [5.41, 5.74) is -0.0188. The van der Waals surface area contributed by atoms with Gasteiger partial charge in [0.15, 0.2) is 6.61 Å². The van der Waals surface area contributed by atoms with E-state index in [2.05, 4.69) is 15.4 Å². The molecule has 1 amide bonds. The maximum atomic E-state index is 15.1. The smallest absolute Gasteiger partial charge is 0.422 e. The molecule has 8 nitrogen and oxygen atoms in total. The van der Waals surface area contributed by atoms with Gasteiger partial charge in [-0.3, -0.25) is 14.3 Å². The van der Waals surface area contributed by atoms with Crippen LogP contribution >= 0.6 is 0 Å². The molecular weight excluding hydrogens is 458 g/mol. The molecule has 0 saturated heterocycles. The van der Waals surface area contributed by atoms with Gasteiger partial charge in [0.1, 0.15) is 23.1 Å². The van der Waals surface area contributed by atoms with E-state index in [1.165, 1.54) is 10.8 Å². The zero-order valence-corrected chi connectivity index (χ0v) is 18.4. The Morgan fingerprint density at radius 1 is 1.24 bits per heavy atom. The third-order valence-electron chi connectivity index (χ3n) is 5.47. The van der Waals surface area contributed by atoms with Gasteiger partial charge in [-0.25, -0.2) is 9.18 Å². The SMILES string of the molecule is Cc1ccnc(C)c1NC(=O)c1cc(F)c(-n2nc3n(c2=O)CCCC3)cc1OCC(F)(F)F. The molecule has 1 aromatic carbocycles. The van der Waals surface area contributed by atoms with Gasteiger partial charge in [0.05, 0.1) is 16.9 Å². The van der Waals surface area contributed by atoms with Crippen LogP contribution in [-0.4, -0.2) is 38.0 Å². The van der Waals surface area contributed by atoms with E-state index in [-0.39, 0.29) is 0 Å². The Morgan fingerprint density at radius 3 is 2.68 bits per heavy atom. The molecule has 0 atom stereocenters. The van der Waals surface area contributed by atoms with Crippen molar-refractivity contribution < 1.29 is 27.1 Å². The number of carbonyl (C=O) groups is 1. The highest BCUT2D eigenvalue weighted by molar-refractivity contribution is 6.07. The first-order chi connectivity index (χ1) is 16.0. The second-order valence-electron chi connectivity index (χ2n) is 7.97. The van der Waals surface area contributed by atoms with Crippen molar-refractivity contribution in [2.75, 3.05) is 11.9 Å². The molecule has 0 spiro atoms. The molecule has 4 rings (SSSR count). The van der Waals surface area contributed by atoms with Gasteiger partial charge in [-0.05, 0) is 44.4 Å². The van der Waals surface area contributed by atoms with E-state index >= 15 is 4.39 Å². The zero-order chi connectivity index (χ0) is 24.6. The van der Waals surface area contributed by atoms with E-state index in [0.717, 1.165) is 29.7 Å². The summed E-state index contributed by atoms with van der Waals surface area (Å²) < 4.78 is 60.8. The van der Waals surface area contributed by atoms with E-state index in [9.17, 15) is 22.8 Å². The maximum Gasteiger partial charge on any atom is 0.422 e. The predicted molar refractivity (Wildman–Crippen MR) is 114 cm³/mol. The Kier molecular flexibility index (Phi) is 6.15. The van der Waals surface area contributed by atoms with E-state index in [0.29, 0.717) is 35.7 Å². The van der Waals surface area contributed by atoms with Gasteiger partial charge >= 0.3 is 11.9 Å². The van der Waals surface area contributed by atoms with Gasteiger partial charge in [0, 0.05) is 25.2 Å². The van der Waals surface area contributed by atoms with Crippen LogP contribution in [0.25, 0.3) is 5.69 Å². The number of benzene rings is 1. The summed E-state index contributed by atoms with van der Waals surface area (Å²) in [5.74, 6) is -1.99.